The maximum absolute atomic E-state index is 11.5. The van der Waals surface area contributed by atoms with Gasteiger partial charge in [-0.15, -0.1) is 10.2 Å². The second-order valence-corrected chi connectivity index (χ2v) is 6.81. The van der Waals surface area contributed by atoms with E-state index in [0.29, 0.717) is 10.9 Å². The number of amides is 1. The zero-order valence-electron chi connectivity index (χ0n) is 15.0. The Morgan fingerprint density at radius 2 is 1.67 bits per heavy atom. The predicted molar refractivity (Wildman–Crippen MR) is 109 cm³/mol. The SMILES string of the molecule is CC(Cc1cccc2c(N)c(C(N)=O)nnc12)c1cccc2ccccc12. The van der Waals surface area contributed by atoms with Crippen LogP contribution < -0.4 is 11.5 Å². The number of anilines is 1. The number of nitrogen functional groups attached to an aromatic ring is 1. The molecule has 0 bridgehead atoms. The summed E-state index contributed by atoms with van der Waals surface area (Å²) in [5, 5.41) is 11.4. The van der Waals surface area contributed by atoms with E-state index < -0.39 is 5.91 Å². The summed E-state index contributed by atoms with van der Waals surface area (Å²) in [7, 11) is 0. The minimum Gasteiger partial charge on any atom is -0.396 e. The number of nitrogens with two attached hydrogens (primary N) is 2. The van der Waals surface area contributed by atoms with Gasteiger partial charge in [0.1, 0.15) is 0 Å². The summed E-state index contributed by atoms with van der Waals surface area (Å²) in [6.45, 7) is 2.20. The fourth-order valence-electron chi connectivity index (χ4n) is 3.67. The summed E-state index contributed by atoms with van der Waals surface area (Å²) in [6, 6.07) is 20.6. The molecule has 0 radical (unpaired) electrons. The molecule has 1 atom stereocenters. The number of nitrogens with zero attached hydrogens (tertiary/aromatic N) is 2. The molecule has 0 aliphatic heterocycles. The molecule has 27 heavy (non-hydrogen) atoms. The van der Waals surface area contributed by atoms with Crippen LogP contribution in [0.25, 0.3) is 21.7 Å². The third kappa shape index (κ3) is 2.97. The Kier molecular flexibility index (Phi) is 4.20. The highest BCUT2D eigenvalue weighted by Crippen LogP contribution is 2.31. The first-order chi connectivity index (χ1) is 13.1. The number of carbonyl (C=O) groups is 1. The maximum atomic E-state index is 11.5. The fraction of sp³-hybridized carbons (Fsp3) is 0.136. The summed E-state index contributed by atoms with van der Waals surface area (Å²) < 4.78 is 0. The molecule has 1 amide bonds. The number of benzene rings is 3. The van der Waals surface area contributed by atoms with Crippen molar-refractivity contribution < 1.29 is 4.79 Å². The van der Waals surface area contributed by atoms with Crippen LogP contribution in [0.3, 0.4) is 0 Å². The van der Waals surface area contributed by atoms with Gasteiger partial charge in [-0.2, -0.15) is 0 Å². The van der Waals surface area contributed by atoms with Gasteiger partial charge in [-0.3, -0.25) is 4.79 Å². The molecule has 4 N–H and O–H groups in total. The van der Waals surface area contributed by atoms with Crippen molar-refractivity contribution in [3.8, 4) is 0 Å². The van der Waals surface area contributed by atoms with Crippen LogP contribution in [0.1, 0.15) is 34.5 Å². The zero-order valence-corrected chi connectivity index (χ0v) is 15.0. The third-order valence-corrected chi connectivity index (χ3v) is 5.03. The lowest BCUT2D eigenvalue weighted by Crippen LogP contribution is -2.17. The number of rotatable bonds is 4. The van der Waals surface area contributed by atoms with E-state index in [1.165, 1.54) is 16.3 Å². The van der Waals surface area contributed by atoms with Crippen LogP contribution in [0.4, 0.5) is 5.69 Å². The Morgan fingerprint density at radius 3 is 2.48 bits per heavy atom. The van der Waals surface area contributed by atoms with Gasteiger partial charge >= 0.3 is 0 Å². The zero-order chi connectivity index (χ0) is 19.0. The third-order valence-electron chi connectivity index (χ3n) is 5.03. The van der Waals surface area contributed by atoms with E-state index in [1.54, 1.807) is 0 Å². The average molecular weight is 356 g/mol. The van der Waals surface area contributed by atoms with Gasteiger partial charge in [-0.1, -0.05) is 67.6 Å². The van der Waals surface area contributed by atoms with Crippen LogP contribution in [-0.2, 0) is 6.42 Å². The van der Waals surface area contributed by atoms with Crippen LogP contribution in [0.2, 0.25) is 0 Å². The van der Waals surface area contributed by atoms with Gasteiger partial charge in [0.25, 0.3) is 5.91 Å². The molecular weight excluding hydrogens is 336 g/mol. The molecular formula is C22H20N4O. The minimum atomic E-state index is -0.670. The molecule has 0 aliphatic carbocycles. The molecule has 0 saturated carbocycles. The highest BCUT2D eigenvalue weighted by atomic mass is 16.1. The second kappa shape index (κ2) is 6.68. The molecule has 4 aromatic rings. The Morgan fingerprint density at radius 1 is 0.963 bits per heavy atom. The van der Waals surface area contributed by atoms with Crippen molar-refractivity contribution in [3.63, 3.8) is 0 Å². The van der Waals surface area contributed by atoms with Crippen LogP contribution in [0.15, 0.2) is 60.7 Å². The quantitative estimate of drug-likeness (QED) is 0.581. The fourth-order valence-corrected chi connectivity index (χ4v) is 3.67. The van der Waals surface area contributed by atoms with Gasteiger partial charge in [-0.25, -0.2) is 0 Å². The molecule has 134 valence electrons. The second-order valence-electron chi connectivity index (χ2n) is 6.81. The van der Waals surface area contributed by atoms with E-state index in [2.05, 4.69) is 59.6 Å². The number of hydrogen-bond acceptors (Lipinski definition) is 4. The van der Waals surface area contributed by atoms with E-state index in [1.807, 2.05) is 18.2 Å². The molecule has 4 rings (SSSR count). The van der Waals surface area contributed by atoms with Gasteiger partial charge < -0.3 is 11.5 Å². The summed E-state index contributed by atoms with van der Waals surface area (Å²) in [6.07, 6.45) is 0.787. The van der Waals surface area contributed by atoms with Crippen molar-refractivity contribution in [1.29, 1.82) is 0 Å². The van der Waals surface area contributed by atoms with Gasteiger partial charge in [0.05, 0.1) is 11.2 Å². The number of primary amides is 1. The Labute approximate surface area is 157 Å². The molecule has 0 fully saturated rings. The maximum Gasteiger partial charge on any atom is 0.271 e. The first kappa shape index (κ1) is 17.0. The number of aromatic nitrogens is 2. The summed E-state index contributed by atoms with van der Waals surface area (Å²) in [5.41, 5.74) is 14.8. The summed E-state index contributed by atoms with van der Waals surface area (Å²) >= 11 is 0. The van der Waals surface area contributed by atoms with Crippen molar-refractivity contribution in [1.82, 2.24) is 10.2 Å². The molecule has 1 aromatic heterocycles. The van der Waals surface area contributed by atoms with Crippen molar-refractivity contribution in [3.05, 3.63) is 77.5 Å². The van der Waals surface area contributed by atoms with Crippen LogP contribution >= 0.6 is 0 Å². The monoisotopic (exact) mass is 356 g/mol. The molecule has 1 heterocycles. The van der Waals surface area contributed by atoms with Crippen molar-refractivity contribution in [2.75, 3.05) is 5.73 Å². The summed E-state index contributed by atoms with van der Waals surface area (Å²) in [4.78, 5) is 11.5. The van der Waals surface area contributed by atoms with Gasteiger partial charge in [0.15, 0.2) is 5.69 Å². The number of carbonyl (C=O) groups excluding carboxylic acids is 1. The predicted octanol–water partition coefficient (Wildman–Crippen LogP) is 3.81. The lowest BCUT2D eigenvalue weighted by molar-refractivity contribution is 0.0996. The van der Waals surface area contributed by atoms with Gasteiger partial charge in [0.2, 0.25) is 0 Å². The lowest BCUT2D eigenvalue weighted by atomic mass is 9.89. The Bertz CT molecular complexity index is 1160. The normalized spacial score (nSPS) is 12.3. The molecule has 0 spiro atoms. The first-order valence-corrected chi connectivity index (χ1v) is 8.87. The topological polar surface area (TPSA) is 94.9 Å². The van der Waals surface area contributed by atoms with E-state index in [9.17, 15) is 4.79 Å². The van der Waals surface area contributed by atoms with E-state index in [0.717, 1.165) is 12.0 Å². The molecule has 0 saturated heterocycles. The first-order valence-electron chi connectivity index (χ1n) is 8.87. The molecule has 5 heteroatoms. The molecule has 1 unspecified atom stereocenters. The van der Waals surface area contributed by atoms with Crippen molar-refractivity contribution >= 4 is 33.3 Å². The molecule has 0 aliphatic rings. The minimum absolute atomic E-state index is 0.0155. The van der Waals surface area contributed by atoms with Crippen LogP contribution in [0, 0.1) is 0 Å². The van der Waals surface area contributed by atoms with Crippen LogP contribution in [-0.4, -0.2) is 16.1 Å². The van der Waals surface area contributed by atoms with E-state index >= 15 is 0 Å². The van der Waals surface area contributed by atoms with E-state index in [-0.39, 0.29) is 17.3 Å². The number of hydrogen-bond donors (Lipinski definition) is 2. The van der Waals surface area contributed by atoms with Crippen molar-refractivity contribution in [2.45, 2.75) is 19.3 Å². The van der Waals surface area contributed by atoms with Crippen LogP contribution in [0.5, 0.6) is 0 Å². The van der Waals surface area contributed by atoms with Crippen molar-refractivity contribution in [2.24, 2.45) is 5.73 Å². The largest absolute Gasteiger partial charge is 0.396 e. The highest BCUT2D eigenvalue weighted by molar-refractivity contribution is 6.04. The smallest absolute Gasteiger partial charge is 0.271 e. The van der Waals surface area contributed by atoms with E-state index in [4.69, 9.17) is 11.5 Å². The molecule has 5 nitrogen and oxygen atoms in total. The average Bonchev–Trinajstić information content (AvgIpc) is 2.68. The highest BCUT2D eigenvalue weighted by Gasteiger charge is 2.16. The molecule has 3 aromatic carbocycles. The summed E-state index contributed by atoms with van der Waals surface area (Å²) in [5.74, 6) is -0.392. The Hall–Kier alpha value is -3.47. The Balaban J connectivity index is 1.77. The standard InChI is InChI=1S/C22H20N4O/c1-13(16-10-4-7-14-6-2-3-9-17(14)16)12-15-8-5-11-18-19(23)21(22(24)27)26-25-20(15)18/h2-11,13H,12H2,1H3,(H2,23,25)(H2,24,27). The number of fused-ring (bicyclic) bond motifs is 2. The lowest BCUT2D eigenvalue weighted by Gasteiger charge is -2.16. The van der Waals surface area contributed by atoms with Gasteiger partial charge in [0, 0.05) is 5.39 Å². The van der Waals surface area contributed by atoms with Gasteiger partial charge in [-0.05, 0) is 34.2 Å².